The maximum absolute atomic E-state index is 13.9. The first-order valence-corrected chi connectivity index (χ1v) is 5.42. The van der Waals surface area contributed by atoms with Gasteiger partial charge in [0.05, 0.1) is 0 Å². The van der Waals surface area contributed by atoms with E-state index in [2.05, 4.69) is 4.74 Å². The van der Waals surface area contributed by atoms with Gasteiger partial charge in [0.15, 0.2) is 0 Å². The number of carbonyl (C=O) groups excluding carboxylic acids is 1. The molecule has 0 bridgehead atoms. The number of carbonyl (C=O) groups is 1. The molecule has 2 nitrogen and oxygen atoms in total. The molecule has 0 aromatic heterocycles. The van der Waals surface area contributed by atoms with E-state index in [1.807, 2.05) is 30.3 Å². The summed E-state index contributed by atoms with van der Waals surface area (Å²) in [6.07, 6.45) is 4.71. The van der Waals surface area contributed by atoms with Gasteiger partial charge in [0.2, 0.25) is 0 Å². The van der Waals surface area contributed by atoms with Crippen LogP contribution in [0, 0.1) is 0 Å². The average molecular weight is 232 g/mol. The minimum absolute atomic E-state index is 0.0489. The number of hydrogen-bond acceptors (Lipinski definition) is 2. The molecule has 0 amide bonds. The van der Waals surface area contributed by atoms with Crippen molar-refractivity contribution >= 4 is 11.5 Å². The highest BCUT2D eigenvalue weighted by atomic mass is 19.2. The summed E-state index contributed by atoms with van der Waals surface area (Å²) in [6.45, 7) is 1.20. The molecule has 1 unspecified atom stereocenters. The normalized spacial score (nSPS) is 23.1. The molecule has 0 aliphatic heterocycles. The molecular weight excluding hydrogens is 219 g/mol. The maximum Gasteiger partial charge on any atom is 0.305 e. The summed E-state index contributed by atoms with van der Waals surface area (Å²) < 4.78 is 18.6. The molecule has 0 saturated carbocycles. The van der Waals surface area contributed by atoms with Crippen molar-refractivity contribution in [3.8, 4) is 0 Å². The molecule has 1 aromatic carbocycles. The Hall–Kier alpha value is -1.90. The van der Waals surface area contributed by atoms with Gasteiger partial charge in [-0.1, -0.05) is 42.5 Å². The lowest BCUT2D eigenvalue weighted by atomic mass is 9.97. The lowest BCUT2D eigenvalue weighted by Crippen LogP contribution is -2.27. The molecular formula is C14H13FO2. The number of benzene rings is 1. The highest BCUT2D eigenvalue weighted by molar-refractivity contribution is 5.75. The first-order chi connectivity index (χ1) is 8.09. The Morgan fingerprint density at radius 3 is 2.59 bits per heavy atom. The van der Waals surface area contributed by atoms with Crippen LogP contribution in [0.4, 0.5) is 4.39 Å². The fraction of sp³-hybridized carbons (Fsp3) is 0.214. The quantitative estimate of drug-likeness (QED) is 0.731. The van der Waals surface area contributed by atoms with Crippen molar-refractivity contribution in [3.63, 3.8) is 0 Å². The molecule has 0 fully saturated rings. The monoisotopic (exact) mass is 232 g/mol. The zero-order chi connectivity index (χ0) is 12.3. The van der Waals surface area contributed by atoms with Crippen LogP contribution in [-0.2, 0) is 9.53 Å². The zero-order valence-electron chi connectivity index (χ0n) is 9.52. The van der Waals surface area contributed by atoms with E-state index < -0.39 is 11.8 Å². The van der Waals surface area contributed by atoms with Crippen molar-refractivity contribution in [2.75, 3.05) is 0 Å². The average Bonchev–Trinajstić information content (AvgIpc) is 2.29. The molecule has 2 rings (SSSR count). The third-order valence-corrected chi connectivity index (χ3v) is 2.53. The van der Waals surface area contributed by atoms with Crippen LogP contribution in [0.25, 0.3) is 5.57 Å². The third-order valence-electron chi connectivity index (χ3n) is 2.53. The van der Waals surface area contributed by atoms with Gasteiger partial charge in [0.25, 0.3) is 5.85 Å². The van der Waals surface area contributed by atoms with Crippen LogP contribution < -0.4 is 0 Å². The van der Waals surface area contributed by atoms with E-state index in [1.165, 1.54) is 13.0 Å². The molecule has 88 valence electrons. The van der Waals surface area contributed by atoms with Crippen molar-refractivity contribution in [2.45, 2.75) is 19.2 Å². The summed E-state index contributed by atoms with van der Waals surface area (Å²) in [5.41, 5.74) is 1.96. The maximum atomic E-state index is 13.9. The van der Waals surface area contributed by atoms with Gasteiger partial charge in [-0.05, 0) is 17.2 Å². The Kier molecular flexibility index (Phi) is 3.09. The number of esters is 1. The predicted octanol–water partition coefficient (Wildman–Crippen LogP) is 3.26. The minimum Gasteiger partial charge on any atom is -0.425 e. The Morgan fingerprint density at radius 1 is 1.35 bits per heavy atom. The van der Waals surface area contributed by atoms with E-state index in [4.69, 9.17) is 0 Å². The first kappa shape index (κ1) is 11.6. The second kappa shape index (κ2) is 4.53. The summed E-state index contributed by atoms with van der Waals surface area (Å²) in [5.74, 6) is -2.61. The number of allylic oxidation sites excluding steroid dienone is 2. The Morgan fingerprint density at radius 2 is 2.06 bits per heavy atom. The van der Waals surface area contributed by atoms with Crippen molar-refractivity contribution in [1.29, 1.82) is 0 Å². The van der Waals surface area contributed by atoms with Crippen LogP contribution in [-0.4, -0.2) is 11.8 Å². The van der Waals surface area contributed by atoms with E-state index in [0.29, 0.717) is 0 Å². The van der Waals surface area contributed by atoms with Gasteiger partial charge < -0.3 is 4.74 Å². The van der Waals surface area contributed by atoms with Crippen LogP contribution in [0.3, 0.4) is 0 Å². The Bertz CT molecular complexity index is 476. The number of halogens is 1. The van der Waals surface area contributed by atoms with Gasteiger partial charge in [0.1, 0.15) is 0 Å². The lowest BCUT2D eigenvalue weighted by Gasteiger charge is -2.23. The SMILES string of the molecule is CC(=O)OC1(F)C=CC(c2ccccc2)=CC1. The van der Waals surface area contributed by atoms with Gasteiger partial charge in [-0.15, -0.1) is 0 Å². The highest BCUT2D eigenvalue weighted by Crippen LogP contribution is 2.30. The van der Waals surface area contributed by atoms with Gasteiger partial charge in [-0.25, -0.2) is 0 Å². The molecule has 17 heavy (non-hydrogen) atoms. The molecule has 0 heterocycles. The topological polar surface area (TPSA) is 26.3 Å². The van der Waals surface area contributed by atoms with Crippen LogP contribution in [0.5, 0.6) is 0 Å². The summed E-state index contributed by atoms with van der Waals surface area (Å²) >= 11 is 0. The van der Waals surface area contributed by atoms with Gasteiger partial charge in [-0.2, -0.15) is 4.39 Å². The molecule has 1 atom stereocenters. The van der Waals surface area contributed by atoms with Gasteiger partial charge >= 0.3 is 5.97 Å². The molecule has 1 aliphatic rings. The zero-order valence-corrected chi connectivity index (χ0v) is 9.52. The standard InChI is InChI=1S/C14H13FO2/c1-11(16)17-14(15)9-7-13(8-10-14)12-5-3-2-4-6-12/h2-9H,10H2,1H3. The molecule has 1 aliphatic carbocycles. The van der Waals surface area contributed by atoms with Crippen LogP contribution >= 0.6 is 0 Å². The predicted molar refractivity (Wildman–Crippen MR) is 63.8 cm³/mol. The van der Waals surface area contributed by atoms with Crippen LogP contribution in [0.2, 0.25) is 0 Å². The number of hydrogen-bond donors (Lipinski definition) is 0. The first-order valence-electron chi connectivity index (χ1n) is 5.42. The molecule has 0 saturated heterocycles. The van der Waals surface area contributed by atoms with Gasteiger partial charge in [0, 0.05) is 13.3 Å². The summed E-state index contributed by atoms with van der Waals surface area (Å²) in [5, 5.41) is 0. The Labute approximate surface area is 99.4 Å². The van der Waals surface area contributed by atoms with Gasteiger partial charge in [-0.3, -0.25) is 4.79 Å². The number of rotatable bonds is 2. The fourth-order valence-corrected chi connectivity index (χ4v) is 1.76. The van der Waals surface area contributed by atoms with Crippen molar-refractivity contribution in [1.82, 2.24) is 0 Å². The molecule has 3 heteroatoms. The number of ether oxygens (including phenoxy) is 1. The van der Waals surface area contributed by atoms with E-state index in [9.17, 15) is 9.18 Å². The van der Waals surface area contributed by atoms with Crippen molar-refractivity contribution in [2.24, 2.45) is 0 Å². The van der Waals surface area contributed by atoms with E-state index in [0.717, 1.165) is 11.1 Å². The van der Waals surface area contributed by atoms with Crippen molar-refractivity contribution < 1.29 is 13.9 Å². The second-order valence-corrected chi connectivity index (χ2v) is 3.94. The summed E-state index contributed by atoms with van der Waals surface area (Å²) in [4.78, 5) is 10.8. The van der Waals surface area contributed by atoms with Crippen molar-refractivity contribution in [3.05, 3.63) is 54.1 Å². The summed E-state index contributed by atoms with van der Waals surface area (Å²) in [7, 11) is 0. The molecule has 0 N–H and O–H groups in total. The number of alkyl halides is 1. The van der Waals surface area contributed by atoms with E-state index in [1.54, 1.807) is 12.2 Å². The summed E-state index contributed by atoms with van der Waals surface area (Å²) in [6, 6.07) is 9.68. The van der Waals surface area contributed by atoms with Crippen LogP contribution in [0.15, 0.2) is 48.6 Å². The molecule has 0 radical (unpaired) electrons. The minimum atomic E-state index is -2.00. The van der Waals surface area contributed by atoms with Crippen LogP contribution in [0.1, 0.15) is 18.9 Å². The molecule has 0 spiro atoms. The largest absolute Gasteiger partial charge is 0.425 e. The molecule has 1 aromatic rings. The van der Waals surface area contributed by atoms with E-state index in [-0.39, 0.29) is 6.42 Å². The third kappa shape index (κ3) is 2.81. The lowest BCUT2D eigenvalue weighted by molar-refractivity contribution is -0.167. The smallest absolute Gasteiger partial charge is 0.305 e. The van der Waals surface area contributed by atoms with E-state index >= 15 is 0 Å². The Balaban J connectivity index is 2.14. The fourth-order valence-electron chi connectivity index (χ4n) is 1.76. The highest BCUT2D eigenvalue weighted by Gasteiger charge is 2.30. The second-order valence-electron chi connectivity index (χ2n) is 3.94.